The molecule has 3 rings (SSSR count). The molecule has 3 aromatic carbocycles. The van der Waals surface area contributed by atoms with Gasteiger partial charge >= 0.3 is 18.3 Å². The quantitative estimate of drug-likeness (QED) is 0.109. The maximum Gasteiger partial charge on any atom is 0.411 e. The monoisotopic (exact) mass is 679 g/mol. The van der Waals surface area contributed by atoms with Crippen LogP contribution in [0, 0.1) is 0 Å². The molecule has 0 unspecified atom stereocenters. The van der Waals surface area contributed by atoms with E-state index in [9.17, 15) is 14.4 Å². The molecule has 12 nitrogen and oxygen atoms in total. The molecule has 0 spiro atoms. The second kappa shape index (κ2) is 17.1. The van der Waals surface area contributed by atoms with Crippen molar-refractivity contribution >= 4 is 35.3 Å². The lowest BCUT2D eigenvalue weighted by Gasteiger charge is -2.23. The van der Waals surface area contributed by atoms with Gasteiger partial charge in [-0.2, -0.15) is 0 Å². The molecule has 0 radical (unpaired) electrons. The summed E-state index contributed by atoms with van der Waals surface area (Å²) in [5.74, 6) is -0.193. The van der Waals surface area contributed by atoms with E-state index in [0.29, 0.717) is 70.0 Å². The van der Waals surface area contributed by atoms with Crippen molar-refractivity contribution < 1.29 is 42.0 Å². The fourth-order valence-electron chi connectivity index (χ4n) is 4.55. The van der Waals surface area contributed by atoms with Crippen molar-refractivity contribution in [2.75, 3.05) is 119 Å². The third-order valence-electron chi connectivity index (χ3n) is 7.46. The summed E-state index contributed by atoms with van der Waals surface area (Å²) in [5, 5.41) is 8.39. The van der Waals surface area contributed by atoms with Crippen molar-refractivity contribution in [2.45, 2.75) is 5.92 Å². The fraction of sp³-hybridized carbons (Fsp3) is 0.432. The number of hydrogen-bond donors (Lipinski definition) is 3. The molecule has 3 N–H and O–H groups in total. The van der Waals surface area contributed by atoms with Gasteiger partial charge in [0, 0.05) is 23.0 Å². The van der Waals surface area contributed by atoms with Crippen LogP contribution in [-0.2, 0) is 14.2 Å². The summed E-state index contributed by atoms with van der Waals surface area (Å²) in [5.41, 5.74) is 4.78. The zero-order valence-electron chi connectivity index (χ0n) is 30.5. The van der Waals surface area contributed by atoms with Crippen LogP contribution in [0.5, 0.6) is 0 Å². The van der Waals surface area contributed by atoms with Crippen LogP contribution in [0.1, 0.15) is 22.6 Å². The Morgan fingerprint density at radius 1 is 0.449 bits per heavy atom. The molecule has 0 aliphatic heterocycles. The van der Waals surface area contributed by atoms with Crippen LogP contribution in [0.2, 0.25) is 0 Å². The molecule has 266 valence electrons. The Morgan fingerprint density at radius 3 is 0.878 bits per heavy atom. The third kappa shape index (κ3) is 15.0. The SMILES string of the molecule is C[N+](C)(C)CCOC(=O)Nc1ccc(C(c2ccc(NC(=O)OCC[N+](C)(C)C)cc2)c2ccc(NC(=O)OCC[N+](C)(C)C)cc2)cc1. The van der Waals surface area contributed by atoms with Crippen molar-refractivity contribution in [3.8, 4) is 0 Å². The number of amides is 3. The number of ether oxygens (including phenoxy) is 3. The van der Waals surface area contributed by atoms with Gasteiger partial charge in [-0.15, -0.1) is 0 Å². The molecule has 0 atom stereocenters. The average Bonchev–Trinajstić information content (AvgIpc) is 2.98. The topological polar surface area (TPSA) is 115 Å². The molecule has 0 fully saturated rings. The van der Waals surface area contributed by atoms with Gasteiger partial charge in [0.25, 0.3) is 0 Å². The van der Waals surface area contributed by atoms with Gasteiger partial charge in [0.1, 0.15) is 39.5 Å². The number of nitrogens with one attached hydrogen (secondary N) is 3. The van der Waals surface area contributed by atoms with Gasteiger partial charge in [0.15, 0.2) is 0 Å². The van der Waals surface area contributed by atoms with Crippen LogP contribution < -0.4 is 16.0 Å². The summed E-state index contributed by atoms with van der Waals surface area (Å²) in [6, 6.07) is 22.8. The minimum atomic E-state index is -0.504. The molecule has 0 heterocycles. The highest BCUT2D eigenvalue weighted by Gasteiger charge is 2.19. The van der Waals surface area contributed by atoms with Gasteiger partial charge in [-0.25, -0.2) is 14.4 Å². The lowest BCUT2D eigenvalue weighted by molar-refractivity contribution is -0.870. The third-order valence-corrected chi connectivity index (χ3v) is 7.46. The molecule has 3 amide bonds. The Morgan fingerprint density at radius 2 is 0.673 bits per heavy atom. The summed E-state index contributed by atoms with van der Waals surface area (Å²) in [7, 11) is 18.3. The van der Waals surface area contributed by atoms with E-state index in [1.807, 2.05) is 136 Å². The predicted molar refractivity (Wildman–Crippen MR) is 194 cm³/mol. The number of anilines is 3. The normalized spacial score (nSPS) is 11.9. The average molecular weight is 680 g/mol. The summed E-state index contributed by atoms with van der Waals surface area (Å²) >= 11 is 0. The molecule has 12 heteroatoms. The van der Waals surface area contributed by atoms with E-state index in [1.54, 1.807) is 0 Å². The van der Waals surface area contributed by atoms with Gasteiger partial charge < -0.3 is 27.7 Å². The van der Waals surface area contributed by atoms with Crippen molar-refractivity contribution in [2.24, 2.45) is 0 Å². The van der Waals surface area contributed by atoms with Gasteiger partial charge in [0.05, 0.1) is 63.4 Å². The van der Waals surface area contributed by atoms with Gasteiger partial charge in [-0.3, -0.25) is 16.0 Å². The van der Waals surface area contributed by atoms with Gasteiger partial charge in [-0.05, 0) is 53.1 Å². The summed E-state index contributed by atoms with van der Waals surface area (Å²) < 4.78 is 18.1. The second-order valence-electron chi connectivity index (χ2n) is 15.1. The predicted octanol–water partition coefficient (Wildman–Crippen LogP) is 5.63. The summed E-state index contributed by atoms with van der Waals surface area (Å²) in [6.07, 6.45) is -1.51. The van der Waals surface area contributed by atoms with E-state index in [-0.39, 0.29) is 5.92 Å². The molecule has 0 aliphatic carbocycles. The van der Waals surface area contributed by atoms with E-state index >= 15 is 0 Å². The first kappa shape index (κ1) is 38.8. The molecule has 49 heavy (non-hydrogen) atoms. The number of nitrogens with zero attached hydrogens (tertiary/aromatic N) is 3. The van der Waals surface area contributed by atoms with Crippen LogP contribution in [0.15, 0.2) is 72.8 Å². The molecule has 0 saturated carbocycles. The molecule has 0 aromatic heterocycles. The van der Waals surface area contributed by atoms with E-state index in [1.165, 1.54) is 0 Å². The van der Waals surface area contributed by atoms with Crippen molar-refractivity contribution in [3.05, 3.63) is 89.5 Å². The minimum absolute atomic E-state index is 0.193. The smallest absolute Gasteiger partial charge is 0.411 e. The minimum Gasteiger partial charge on any atom is -0.443 e. The van der Waals surface area contributed by atoms with E-state index in [4.69, 9.17) is 14.2 Å². The summed E-state index contributed by atoms with van der Waals surface area (Å²) in [6.45, 7) is 3.04. The van der Waals surface area contributed by atoms with E-state index in [2.05, 4.69) is 16.0 Å². The molecule has 0 bridgehead atoms. The van der Waals surface area contributed by atoms with Crippen molar-refractivity contribution in [3.63, 3.8) is 0 Å². The first-order valence-corrected chi connectivity index (χ1v) is 16.4. The Kier molecular flexibility index (Phi) is 13.6. The lowest BCUT2D eigenvalue weighted by Crippen LogP contribution is -2.38. The van der Waals surface area contributed by atoms with Crippen molar-refractivity contribution in [1.82, 2.24) is 0 Å². The number of hydrogen-bond acceptors (Lipinski definition) is 6. The highest BCUT2D eigenvalue weighted by Crippen LogP contribution is 2.34. The van der Waals surface area contributed by atoms with Crippen LogP contribution in [0.4, 0.5) is 31.4 Å². The maximum atomic E-state index is 12.4. The van der Waals surface area contributed by atoms with Crippen LogP contribution in [0.25, 0.3) is 0 Å². The maximum absolute atomic E-state index is 12.4. The molecule has 0 saturated heterocycles. The van der Waals surface area contributed by atoms with Crippen LogP contribution >= 0.6 is 0 Å². The van der Waals surface area contributed by atoms with Crippen LogP contribution in [-0.4, -0.2) is 135 Å². The standard InChI is InChI=1S/C37H52N6O6/c1-41(2,3)22-25-47-35(44)38-31-16-10-28(11-17-31)34(29-12-18-32(19-13-29)39-36(45)48-26-23-42(4,5)6)30-14-20-33(21-15-30)40-37(46)49-27-24-43(7,8)9/h10-21,34H,22-27H2,1-9H3/p+3. The zero-order chi connectivity index (χ0) is 36.2. The van der Waals surface area contributed by atoms with E-state index < -0.39 is 18.3 Å². The first-order valence-electron chi connectivity index (χ1n) is 16.4. The van der Waals surface area contributed by atoms with Crippen molar-refractivity contribution in [1.29, 1.82) is 0 Å². The number of rotatable bonds is 15. The van der Waals surface area contributed by atoms with Gasteiger partial charge in [0.2, 0.25) is 0 Å². The zero-order valence-corrected chi connectivity index (χ0v) is 30.5. The van der Waals surface area contributed by atoms with Crippen LogP contribution in [0.3, 0.4) is 0 Å². The Labute approximate surface area is 291 Å². The van der Waals surface area contributed by atoms with E-state index in [0.717, 1.165) is 16.7 Å². The molecule has 3 aromatic rings. The highest BCUT2D eigenvalue weighted by atomic mass is 16.6. The Balaban J connectivity index is 1.77. The lowest BCUT2D eigenvalue weighted by atomic mass is 9.85. The number of carbonyl (C=O) groups excluding carboxylic acids is 3. The number of likely N-dealkylation sites (N-methyl/N-ethyl adjacent to an activating group) is 3. The largest absolute Gasteiger partial charge is 0.443 e. The number of carbonyl (C=O) groups is 3. The van der Waals surface area contributed by atoms with Gasteiger partial charge in [-0.1, -0.05) is 36.4 Å². The molecule has 0 aliphatic rings. The first-order chi connectivity index (χ1) is 22.9. The summed E-state index contributed by atoms with van der Waals surface area (Å²) in [4.78, 5) is 37.1. The second-order valence-corrected chi connectivity index (χ2v) is 15.1. The number of benzene rings is 3. The Bertz CT molecular complexity index is 1320. The highest BCUT2D eigenvalue weighted by molar-refractivity contribution is 5.86. The fourth-order valence-corrected chi connectivity index (χ4v) is 4.55. The molecular formula is C37H55N6O6+3. The number of quaternary nitrogens is 3. The Hall–Kier alpha value is -4.65. The molecular weight excluding hydrogens is 624 g/mol.